The summed E-state index contributed by atoms with van der Waals surface area (Å²) in [7, 11) is 0. The van der Waals surface area contributed by atoms with Crippen molar-refractivity contribution < 1.29 is 19.2 Å². The molecule has 0 bridgehead atoms. The molecule has 2 heterocycles. The Morgan fingerprint density at radius 1 is 0.556 bits per heavy atom. The second-order valence-corrected chi connectivity index (χ2v) is 22.3. The van der Waals surface area contributed by atoms with Gasteiger partial charge in [0.1, 0.15) is 0 Å². The van der Waals surface area contributed by atoms with Gasteiger partial charge in [-0.1, -0.05) is 39.8 Å². The van der Waals surface area contributed by atoms with Crippen LogP contribution in [0.3, 0.4) is 0 Å². The summed E-state index contributed by atoms with van der Waals surface area (Å²) in [6, 6.07) is 0.559. The van der Waals surface area contributed by atoms with Crippen molar-refractivity contribution in [1.29, 1.82) is 0 Å². The van der Waals surface area contributed by atoms with Crippen molar-refractivity contribution in [2.24, 2.45) is 69.0 Å². The smallest absolute Gasteiger partial charge is 0.243 e. The normalized spacial score (nSPS) is 46.1. The fourth-order valence-electron chi connectivity index (χ4n) is 14.4. The van der Waals surface area contributed by atoms with E-state index < -0.39 is 0 Å². The highest BCUT2D eigenvalue weighted by Crippen LogP contribution is 2.66. The van der Waals surface area contributed by atoms with Crippen LogP contribution in [0.4, 0.5) is 0 Å². The maximum absolute atomic E-state index is 13.0. The molecule has 6 saturated carbocycles. The lowest BCUT2D eigenvalue weighted by Crippen LogP contribution is -2.59. The molecule has 0 aromatic rings. The zero-order valence-electron chi connectivity index (χ0n) is 35.2. The fourth-order valence-corrected chi connectivity index (χ4v) is 14.4. The molecular weight excluding hydrogens is 673 g/mol. The minimum atomic E-state index is -0.167. The number of hydrogen-bond acceptors (Lipinski definition) is 4. The topological polar surface area (TPSA) is 116 Å². The van der Waals surface area contributed by atoms with Crippen molar-refractivity contribution in [3.8, 4) is 0 Å². The molecule has 0 unspecified atom stereocenters. The van der Waals surface area contributed by atoms with Crippen LogP contribution in [0.1, 0.15) is 146 Å². The summed E-state index contributed by atoms with van der Waals surface area (Å²) >= 11 is 0. The Kier molecular flexibility index (Phi) is 9.89. The van der Waals surface area contributed by atoms with E-state index in [1.165, 1.54) is 38.5 Å². The summed E-state index contributed by atoms with van der Waals surface area (Å²) in [6.07, 6.45) is 21.4. The fraction of sp³-hybridized carbons (Fsp3) is 0.826. The molecule has 2 aliphatic heterocycles. The van der Waals surface area contributed by atoms with Gasteiger partial charge >= 0.3 is 0 Å². The predicted octanol–water partition coefficient (Wildman–Crippen LogP) is 7.63. The van der Waals surface area contributed by atoms with Crippen LogP contribution in [0.25, 0.3) is 0 Å². The molecule has 0 radical (unpaired) electrons. The van der Waals surface area contributed by atoms with E-state index in [-0.39, 0.29) is 80.3 Å². The first kappa shape index (κ1) is 39.6. The number of carbonyl (C=O) groups excluding carboxylic acids is 4. The SMILES string of the molecule is CC(C)(C)NC(=O)[C@H]1CC[C@H]2[C@@H]3CC[C@H]4NC(=O)C=C[C@]4(C)[C@H]3CC[C@]12C.CC(C)(C)NC(=O)[C@H]1CC[C@H]2[C@@H]3CC[C@H]4NC(=O)C=C[C@]4(C)[C@H]3CC[C@]12C. The summed E-state index contributed by atoms with van der Waals surface area (Å²) in [6.45, 7) is 21.9. The third kappa shape index (κ3) is 6.69. The Hall–Kier alpha value is -2.64. The van der Waals surface area contributed by atoms with Crippen LogP contribution in [0.5, 0.6) is 0 Å². The summed E-state index contributed by atoms with van der Waals surface area (Å²) in [5.41, 5.74) is 0.0647. The van der Waals surface area contributed by atoms with Crippen LogP contribution in [0.2, 0.25) is 0 Å². The third-order valence-electron chi connectivity index (χ3n) is 17.0. The number of hydrogen-bond donors (Lipinski definition) is 4. The molecule has 0 saturated heterocycles. The predicted molar refractivity (Wildman–Crippen MR) is 214 cm³/mol. The Morgan fingerprint density at radius 3 is 1.28 bits per heavy atom. The van der Waals surface area contributed by atoms with Crippen LogP contribution in [-0.2, 0) is 19.2 Å². The van der Waals surface area contributed by atoms with Crippen molar-refractivity contribution in [2.45, 2.75) is 169 Å². The van der Waals surface area contributed by atoms with Crippen LogP contribution in [-0.4, -0.2) is 46.8 Å². The van der Waals surface area contributed by atoms with Gasteiger partial charge < -0.3 is 21.3 Å². The molecule has 8 aliphatic rings. The molecule has 8 nitrogen and oxygen atoms in total. The lowest BCUT2D eigenvalue weighted by molar-refractivity contribution is -0.135. The summed E-state index contributed by atoms with van der Waals surface area (Å²) in [5.74, 6) is 4.82. The molecule has 8 rings (SSSR count). The lowest BCUT2D eigenvalue weighted by Gasteiger charge is -2.58. The Balaban J connectivity index is 0.000000167. The van der Waals surface area contributed by atoms with E-state index >= 15 is 0 Å². The monoisotopic (exact) mass is 745 g/mol. The van der Waals surface area contributed by atoms with E-state index in [0.717, 1.165) is 38.5 Å². The zero-order chi connectivity index (χ0) is 39.2. The van der Waals surface area contributed by atoms with Gasteiger partial charge in [0.15, 0.2) is 0 Å². The number of rotatable bonds is 2. The maximum atomic E-state index is 13.0. The van der Waals surface area contributed by atoms with E-state index in [2.05, 4.69) is 103 Å². The Labute approximate surface area is 326 Å². The average Bonchev–Trinajstić information content (AvgIpc) is 3.61. The van der Waals surface area contributed by atoms with Crippen LogP contribution < -0.4 is 21.3 Å². The van der Waals surface area contributed by atoms with E-state index in [1.54, 1.807) is 12.2 Å². The molecule has 0 aromatic carbocycles. The van der Waals surface area contributed by atoms with Crippen molar-refractivity contribution >= 4 is 23.6 Å². The number of fused-ring (bicyclic) bond motifs is 10. The van der Waals surface area contributed by atoms with Crippen LogP contribution in [0.15, 0.2) is 24.3 Å². The molecule has 300 valence electrons. The molecule has 0 spiro atoms. The van der Waals surface area contributed by atoms with Gasteiger partial charge in [-0.25, -0.2) is 0 Å². The maximum Gasteiger partial charge on any atom is 0.243 e. The quantitative estimate of drug-likeness (QED) is 0.233. The largest absolute Gasteiger partial charge is 0.351 e. The van der Waals surface area contributed by atoms with Gasteiger partial charge in [-0.2, -0.15) is 0 Å². The summed E-state index contributed by atoms with van der Waals surface area (Å²) in [4.78, 5) is 49.8. The number of nitrogens with one attached hydrogen (secondary N) is 4. The van der Waals surface area contributed by atoms with Gasteiger partial charge in [0, 0.05) is 45.8 Å². The van der Waals surface area contributed by atoms with E-state index in [4.69, 9.17) is 0 Å². The van der Waals surface area contributed by atoms with Gasteiger partial charge in [-0.05, 0) is 177 Å². The Morgan fingerprint density at radius 2 is 0.926 bits per heavy atom. The van der Waals surface area contributed by atoms with Crippen LogP contribution >= 0.6 is 0 Å². The highest BCUT2D eigenvalue weighted by Gasteiger charge is 2.62. The highest BCUT2D eigenvalue weighted by atomic mass is 16.2. The van der Waals surface area contributed by atoms with Gasteiger partial charge in [0.2, 0.25) is 23.6 Å². The summed E-state index contributed by atoms with van der Waals surface area (Å²) < 4.78 is 0. The standard InChI is InChI=1S/2C23H36N2O2/c2*1-21(2,3)25-20(27)17-8-7-15-14-6-9-18-23(5,13-11-19(26)24-18)16(14)10-12-22(15,17)4/h2*11,13-18H,6-10,12H2,1-5H3,(H,24,26)(H,25,27)/t2*14-,15-,16-,17+,18+,22-,23+/m00/s1. The van der Waals surface area contributed by atoms with Crippen molar-refractivity contribution in [3.05, 3.63) is 24.3 Å². The minimum Gasteiger partial charge on any atom is -0.351 e. The molecule has 14 atom stereocenters. The molecule has 0 aromatic heterocycles. The molecular formula is C46H72N4O4. The van der Waals surface area contributed by atoms with E-state index in [0.29, 0.717) is 35.5 Å². The first-order valence-corrected chi connectivity index (χ1v) is 21.7. The second-order valence-electron chi connectivity index (χ2n) is 22.3. The molecule has 54 heavy (non-hydrogen) atoms. The molecule has 4 N–H and O–H groups in total. The van der Waals surface area contributed by atoms with Crippen molar-refractivity contribution in [3.63, 3.8) is 0 Å². The van der Waals surface area contributed by atoms with E-state index in [9.17, 15) is 19.2 Å². The second kappa shape index (κ2) is 13.5. The Bertz CT molecular complexity index is 1470. The van der Waals surface area contributed by atoms with Gasteiger partial charge in [0.05, 0.1) is 0 Å². The summed E-state index contributed by atoms with van der Waals surface area (Å²) in [5, 5.41) is 13.0. The van der Waals surface area contributed by atoms with E-state index in [1.807, 2.05) is 0 Å². The first-order chi connectivity index (χ1) is 25.1. The minimum absolute atomic E-state index is 0.0661. The van der Waals surface area contributed by atoms with Crippen molar-refractivity contribution in [1.82, 2.24) is 21.3 Å². The highest BCUT2D eigenvalue weighted by molar-refractivity contribution is 5.89. The molecule has 4 amide bonds. The van der Waals surface area contributed by atoms with Crippen molar-refractivity contribution in [2.75, 3.05) is 0 Å². The third-order valence-corrected chi connectivity index (χ3v) is 17.0. The van der Waals surface area contributed by atoms with Gasteiger partial charge in [0.25, 0.3) is 0 Å². The zero-order valence-corrected chi connectivity index (χ0v) is 35.2. The molecule has 8 heteroatoms. The first-order valence-electron chi connectivity index (χ1n) is 21.7. The van der Waals surface area contributed by atoms with Gasteiger partial charge in [-0.15, -0.1) is 0 Å². The van der Waals surface area contributed by atoms with Gasteiger partial charge in [-0.3, -0.25) is 19.2 Å². The average molecular weight is 745 g/mol. The number of carbonyl (C=O) groups is 4. The number of amides is 4. The van der Waals surface area contributed by atoms with Crippen LogP contribution in [0, 0.1) is 69.0 Å². The lowest BCUT2D eigenvalue weighted by atomic mass is 9.48. The molecule has 6 fully saturated rings. The molecule has 6 aliphatic carbocycles.